The van der Waals surface area contributed by atoms with E-state index >= 15 is 0 Å². The average Bonchev–Trinajstić information content (AvgIpc) is 2.44. The molecular formula is C17H28FN3. The van der Waals surface area contributed by atoms with Gasteiger partial charge in [-0.1, -0.05) is 31.5 Å². The van der Waals surface area contributed by atoms with Gasteiger partial charge in [-0.15, -0.1) is 0 Å². The standard InChI is InChI=1S/C17H28FN3/c1-13(2)12-20-6-8-21(9-7-20)17(11-19)15-10-14(3)4-5-16(15)18/h4-5,10,13,17H,6-9,11-12,19H2,1-3H3. The van der Waals surface area contributed by atoms with Crippen LogP contribution in [0, 0.1) is 18.7 Å². The third-order valence-electron chi connectivity index (χ3n) is 4.20. The van der Waals surface area contributed by atoms with Gasteiger partial charge in [0.2, 0.25) is 0 Å². The Bertz CT molecular complexity index is 453. The van der Waals surface area contributed by atoms with Crippen molar-refractivity contribution in [3.63, 3.8) is 0 Å². The fourth-order valence-corrected chi connectivity index (χ4v) is 3.17. The largest absolute Gasteiger partial charge is 0.329 e. The molecular weight excluding hydrogens is 265 g/mol. The van der Waals surface area contributed by atoms with Gasteiger partial charge in [0.05, 0.1) is 6.04 Å². The van der Waals surface area contributed by atoms with Gasteiger partial charge in [-0.2, -0.15) is 0 Å². The molecule has 1 heterocycles. The van der Waals surface area contributed by atoms with E-state index in [-0.39, 0.29) is 11.9 Å². The van der Waals surface area contributed by atoms with E-state index in [4.69, 9.17) is 5.73 Å². The van der Waals surface area contributed by atoms with E-state index in [1.165, 1.54) is 0 Å². The first-order valence-corrected chi connectivity index (χ1v) is 7.93. The minimum atomic E-state index is -0.138. The molecule has 1 aliphatic heterocycles. The van der Waals surface area contributed by atoms with Crippen LogP contribution in [0.4, 0.5) is 4.39 Å². The predicted molar refractivity (Wildman–Crippen MR) is 85.8 cm³/mol. The Kier molecular flexibility index (Phi) is 5.73. The minimum absolute atomic E-state index is 0.00824. The van der Waals surface area contributed by atoms with Gasteiger partial charge < -0.3 is 10.6 Å². The maximum atomic E-state index is 14.1. The molecule has 0 radical (unpaired) electrons. The molecule has 1 fully saturated rings. The lowest BCUT2D eigenvalue weighted by Crippen LogP contribution is -2.49. The van der Waals surface area contributed by atoms with Crippen LogP contribution in [0.15, 0.2) is 18.2 Å². The lowest BCUT2D eigenvalue weighted by Gasteiger charge is -2.39. The van der Waals surface area contributed by atoms with Gasteiger partial charge in [-0.05, 0) is 18.9 Å². The second kappa shape index (κ2) is 7.34. The number of nitrogens with zero attached hydrogens (tertiary/aromatic N) is 2. The molecule has 2 rings (SSSR count). The van der Waals surface area contributed by atoms with E-state index in [0.29, 0.717) is 12.5 Å². The van der Waals surface area contributed by atoms with Crippen LogP contribution in [-0.4, -0.2) is 49.1 Å². The van der Waals surface area contributed by atoms with Crippen LogP contribution in [0.1, 0.15) is 31.0 Å². The maximum Gasteiger partial charge on any atom is 0.128 e. The van der Waals surface area contributed by atoms with Crippen molar-refractivity contribution in [2.24, 2.45) is 11.7 Å². The van der Waals surface area contributed by atoms with Crippen molar-refractivity contribution in [3.05, 3.63) is 35.1 Å². The molecule has 1 aromatic carbocycles. The summed E-state index contributed by atoms with van der Waals surface area (Å²) in [4.78, 5) is 4.82. The number of benzene rings is 1. The van der Waals surface area contributed by atoms with Gasteiger partial charge in [0.15, 0.2) is 0 Å². The summed E-state index contributed by atoms with van der Waals surface area (Å²) in [6.07, 6.45) is 0. The number of nitrogens with two attached hydrogens (primary N) is 1. The van der Waals surface area contributed by atoms with Crippen LogP contribution in [0.3, 0.4) is 0 Å². The van der Waals surface area contributed by atoms with Crippen LogP contribution in [-0.2, 0) is 0 Å². The predicted octanol–water partition coefficient (Wildman–Crippen LogP) is 2.41. The van der Waals surface area contributed by atoms with Crippen molar-refractivity contribution in [1.29, 1.82) is 0 Å². The van der Waals surface area contributed by atoms with E-state index in [9.17, 15) is 4.39 Å². The Hall–Kier alpha value is -0.970. The minimum Gasteiger partial charge on any atom is -0.329 e. The molecule has 1 aliphatic rings. The molecule has 0 aromatic heterocycles. The highest BCUT2D eigenvalue weighted by Gasteiger charge is 2.26. The molecule has 1 saturated heterocycles. The van der Waals surface area contributed by atoms with Crippen LogP contribution >= 0.6 is 0 Å². The first-order chi connectivity index (χ1) is 10.0. The zero-order chi connectivity index (χ0) is 15.4. The highest BCUT2D eigenvalue weighted by atomic mass is 19.1. The molecule has 1 aromatic rings. The van der Waals surface area contributed by atoms with Crippen molar-refractivity contribution in [1.82, 2.24) is 9.80 Å². The summed E-state index contributed by atoms with van der Waals surface area (Å²) in [5, 5.41) is 0. The van der Waals surface area contributed by atoms with Gasteiger partial charge in [-0.25, -0.2) is 4.39 Å². The average molecular weight is 293 g/mol. The zero-order valence-corrected chi connectivity index (χ0v) is 13.5. The highest BCUT2D eigenvalue weighted by Crippen LogP contribution is 2.25. The number of hydrogen-bond acceptors (Lipinski definition) is 3. The zero-order valence-electron chi connectivity index (χ0n) is 13.5. The normalized spacial score (nSPS) is 19.1. The topological polar surface area (TPSA) is 32.5 Å². The lowest BCUT2D eigenvalue weighted by atomic mass is 10.0. The lowest BCUT2D eigenvalue weighted by molar-refractivity contribution is 0.0899. The van der Waals surface area contributed by atoms with E-state index < -0.39 is 0 Å². The molecule has 0 amide bonds. The van der Waals surface area contributed by atoms with Gasteiger partial charge in [0, 0.05) is 44.8 Å². The molecule has 118 valence electrons. The quantitative estimate of drug-likeness (QED) is 0.905. The molecule has 4 heteroatoms. The summed E-state index contributed by atoms with van der Waals surface area (Å²) >= 11 is 0. The van der Waals surface area contributed by atoms with Gasteiger partial charge >= 0.3 is 0 Å². The molecule has 3 nitrogen and oxygen atoms in total. The van der Waals surface area contributed by atoms with Crippen molar-refractivity contribution in [2.45, 2.75) is 26.8 Å². The van der Waals surface area contributed by atoms with Crippen molar-refractivity contribution in [3.8, 4) is 0 Å². The van der Waals surface area contributed by atoms with E-state index in [1.54, 1.807) is 6.07 Å². The van der Waals surface area contributed by atoms with Crippen LogP contribution in [0.5, 0.6) is 0 Å². The van der Waals surface area contributed by atoms with E-state index in [2.05, 4.69) is 23.6 Å². The van der Waals surface area contributed by atoms with Crippen molar-refractivity contribution in [2.75, 3.05) is 39.3 Å². The van der Waals surface area contributed by atoms with E-state index in [0.717, 1.165) is 43.9 Å². The summed E-state index contributed by atoms with van der Waals surface area (Å²) in [6.45, 7) is 12.1. The third kappa shape index (κ3) is 4.25. The molecule has 1 unspecified atom stereocenters. The fourth-order valence-electron chi connectivity index (χ4n) is 3.17. The summed E-state index contributed by atoms with van der Waals surface area (Å²) in [5.41, 5.74) is 7.78. The molecule has 0 bridgehead atoms. The Morgan fingerprint density at radius 2 is 1.86 bits per heavy atom. The van der Waals surface area contributed by atoms with Crippen LogP contribution < -0.4 is 5.73 Å². The maximum absolute atomic E-state index is 14.1. The Morgan fingerprint density at radius 1 is 1.19 bits per heavy atom. The van der Waals surface area contributed by atoms with Crippen LogP contribution in [0.25, 0.3) is 0 Å². The SMILES string of the molecule is Cc1ccc(F)c(C(CN)N2CCN(CC(C)C)CC2)c1. The first kappa shape index (κ1) is 16.4. The number of halogens is 1. The second-order valence-corrected chi connectivity index (χ2v) is 6.51. The monoisotopic (exact) mass is 293 g/mol. The highest BCUT2D eigenvalue weighted by molar-refractivity contribution is 5.27. The molecule has 0 aliphatic carbocycles. The summed E-state index contributed by atoms with van der Waals surface area (Å²) in [5.74, 6) is 0.553. The van der Waals surface area contributed by atoms with Crippen LogP contribution in [0.2, 0.25) is 0 Å². The Morgan fingerprint density at radius 3 is 2.43 bits per heavy atom. The van der Waals surface area contributed by atoms with Gasteiger partial charge in [0.1, 0.15) is 5.82 Å². The Labute approximate surface area is 127 Å². The third-order valence-corrected chi connectivity index (χ3v) is 4.20. The number of hydrogen-bond donors (Lipinski definition) is 1. The number of rotatable bonds is 5. The van der Waals surface area contributed by atoms with E-state index in [1.807, 2.05) is 19.1 Å². The fraction of sp³-hybridized carbons (Fsp3) is 0.647. The molecule has 2 N–H and O–H groups in total. The molecule has 0 spiro atoms. The molecule has 1 atom stereocenters. The summed E-state index contributed by atoms with van der Waals surface area (Å²) in [6, 6.07) is 5.30. The first-order valence-electron chi connectivity index (χ1n) is 7.93. The smallest absolute Gasteiger partial charge is 0.128 e. The number of piperazine rings is 1. The van der Waals surface area contributed by atoms with Gasteiger partial charge in [-0.3, -0.25) is 4.90 Å². The second-order valence-electron chi connectivity index (χ2n) is 6.51. The summed E-state index contributed by atoms with van der Waals surface area (Å²) < 4.78 is 14.1. The molecule has 21 heavy (non-hydrogen) atoms. The number of aryl methyl sites for hydroxylation is 1. The molecule has 0 saturated carbocycles. The Balaban J connectivity index is 2.04. The van der Waals surface area contributed by atoms with Crippen molar-refractivity contribution < 1.29 is 4.39 Å². The van der Waals surface area contributed by atoms with Crippen molar-refractivity contribution >= 4 is 0 Å². The summed E-state index contributed by atoms with van der Waals surface area (Å²) in [7, 11) is 0. The van der Waals surface area contributed by atoms with Gasteiger partial charge in [0.25, 0.3) is 0 Å².